The lowest BCUT2D eigenvalue weighted by molar-refractivity contribution is -0.140. The van der Waals surface area contributed by atoms with Gasteiger partial charge in [0.05, 0.1) is 0 Å². The molecule has 1 saturated heterocycles. The number of rotatable bonds is 3. The number of hydrogen-bond donors (Lipinski definition) is 3. The molecule has 0 amide bonds. The van der Waals surface area contributed by atoms with Crippen LogP contribution >= 0.6 is 9.39 Å². The highest BCUT2D eigenvalue weighted by Crippen LogP contribution is 2.19. The molecule has 1 aliphatic heterocycles. The number of nitrogens with one attached hydrogen (secondary N) is 1. The van der Waals surface area contributed by atoms with E-state index >= 15 is 0 Å². The number of hydrazine groups is 1. The number of nitrogens with two attached hydrogens (primary N) is 1. The molecule has 1 fully saturated rings. The Morgan fingerprint density at radius 2 is 2.15 bits per heavy atom. The fourth-order valence-electron chi connectivity index (χ4n) is 1.66. The van der Waals surface area contributed by atoms with E-state index in [1.807, 2.05) is 0 Å². The van der Waals surface area contributed by atoms with Crippen molar-refractivity contribution in [1.82, 2.24) is 10.1 Å². The highest BCUT2D eigenvalue weighted by atomic mass is 31.0. The molecule has 0 saturated carbocycles. The van der Waals surface area contributed by atoms with Crippen LogP contribution in [0, 0.1) is 5.92 Å². The Morgan fingerprint density at radius 1 is 1.62 bits per heavy atom. The molecule has 6 heteroatoms. The van der Waals surface area contributed by atoms with Gasteiger partial charge in [0.25, 0.3) is 0 Å². The zero-order valence-corrected chi connectivity index (χ0v) is 8.60. The molecule has 76 valence electrons. The molecule has 0 bridgehead atoms. The highest BCUT2D eigenvalue weighted by molar-refractivity contribution is 7.13. The van der Waals surface area contributed by atoms with Crippen molar-refractivity contribution in [3.63, 3.8) is 0 Å². The first-order valence-electron chi connectivity index (χ1n) is 4.33. The van der Waals surface area contributed by atoms with Crippen LogP contribution in [0.1, 0.15) is 12.8 Å². The Morgan fingerprint density at radius 3 is 2.54 bits per heavy atom. The molecule has 1 aliphatic rings. The minimum absolute atomic E-state index is 0.190. The summed E-state index contributed by atoms with van der Waals surface area (Å²) in [6.45, 7) is 1.56. The Hall–Kier alpha value is -0.220. The number of aliphatic carboxylic acids is 1. The highest BCUT2D eigenvalue weighted by Gasteiger charge is 2.29. The summed E-state index contributed by atoms with van der Waals surface area (Å²) >= 11 is 0. The van der Waals surface area contributed by atoms with Crippen LogP contribution in [0.2, 0.25) is 0 Å². The van der Waals surface area contributed by atoms with Crippen LogP contribution < -0.4 is 10.9 Å². The van der Waals surface area contributed by atoms with Gasteiger partial charge in [0.15, 0.2) is 0 Å². The van der Waals surface area contributed by atoms with Gasteiger partial charge < -0.3 is 5.11 Å². The summed E-state index contributed by atoms with van der Waals surface area (Å²) in [5.41, 5.74) is 0. The van der Waals surface area contributed by atoms with E-state index in [9.17, 15) is 4.79 Å². The average Bonchev–Trinajstić information content (AvgIpc) is 2.09. The molecule has 13 heavy (non-hydrogen) atoms. The number of hydrogen-bond acceptors (Lipinski definition) is 4. The number of nitrogens with zero attached hydrogens (tertiary/aromatic N) is 1. The second-order valence-corrected chi connectivity index (χ2v) is 3.69. The summed E-state index contributed by atoms with van der Waals surface area (Å²) in [5, 5.41) is 13.3. The third-order valence-electron chi connectivity index (χ3n) is 2.49. The van der Waals surface area contributed by atoms with Crippen molar-refractivity contribution in [2.75, 3.05) is 13.1 Å². The molecule has 0 aromatic carbocycles. The van der Waals surface area contributed by atoms with Crippen molar-refractivity contribution >= 4 is 15.4 Å². The van der Waals surface area contributed by atoms with Gasteiger partial charge in [-0.25, -0.2) is 5.01 Å². The van der Waals surface area contributed by atoms with Crippen LogP contribution in [0.25, 0.3) is 0 Å². The summed E-state index contributed by atoms with van der Waals surface area (Å²) < 4.78 is 0. The van der Waals surface area contributed by atoms with Gasteiger partial charge in [-0.3, -0.25) is 15.7 Å². The van der Waals surface area contributed by atoms with Gasteiger partial charge >= 0.3 is 5.97 Å². The zero-order valence-electron chi connectivity index (χ0n) is 7.44. The van der Waals surface area contributed by atoms with E-state index < -0.39 is 12.0 Å². The van der Waals surface area contributed by atoms with E-state index in [2.05, 4.69) is 14.5 Å². The molecule has 0 aromatic heterocycles. The van der Waals surface area contributed by atoms with Crippen molar-refractivity contribution in [2.24, 2.45) is 11.8 Å². The number of carbonyl (C=O) groups is 1. The van der Waals surface area contributed by atoms with Crippen LogP contribution in [0.4, 0.5) is 0 Å². The van der Waals surface area contributed by atoms with Crippen molar-refractivity contribution in [3.05, 3.63) is 0 Å². The average molecular weight is 205 g/mol. The van der Waals surface area contributed by atoms with E-state index in [1.54, 1.807) is 5.01 Å². The first-order valence-corrected chi connectivity index (χ1v) is 4.91. The minimum Gasteiger partial charge on any atom is -0.480 e. The fourth-order valence-corrected chi connectivity index (χ4v) is 2.08. The lowest BCUT2D eigenvalue weighted by atomic mass is 9.90. The van der Waals surface area contributed by atoms with Crippen molar-refractivity contribution in [1.29, 1.82) is 0 Å². The predicted molar refractivity (Wildman–Crippen MR) is 52.8 cm³/mol. The van der Waals surface area contributed by atoms with Gasteiger partial charge in [-0.2, -0.15) is 0 Å². The summed E-state index contributed by atoms with van der Waals surface area (Å²) in [6.07, 6.45) is 1.68. The maximum absolute atomic E-state index is 10.8. The maximum Gasteiger partial charge on any atom is 0.321 e. The Balaban J connectivity index is 2.46. The SMILES string of the molecule is NN1CCC(C(NP)C(=O)O)CC1. The first-order chi connectivity index (χ1) is 6.15. The second kappa shape index (κ2) is 4.86. The van der Waals surface area contributed by atoms with Gasteiger partial charge in [-0.05, 0) is 18.8 Å². The molecule has 2 atom stereocenters. The normalized spacial score (nSPS) is 22.9. The number of carboxylic acid groups (broad SMARTS) is 1. The Kier molecular flexibility index (Phi) is 4.06. The summed E-state index contributed by atoms with van der Waals surface area (Å²) in [4.78, 5) is 10.8. The standard InChI is InChI=1S/C7H16N3O2P/c8-10-3-1-5(2-4-10)6(9-13)7(11)12/h5-6,9H,1-4,8,13H2,(H,11,12). The van der Waals surface area contributed by atoms with Crippen LogP contribution in [0.15, 0.2) is 0 Å². The quantitative estimate of drug-likeness (QED) is 0.424. The van der Waals surface area contributed by atoms with Crippen LogP contribution in [-0.4, -0.2) is 35.2 Å². The molecular weight excluding hydrogens is 189 g/mol. The van der Waals surface area contributed by atoms with Gasteiger partial charge in [0.2, 0.25) is 0 Å². The molecule has 1 rings (SSSR count). The molecule has 0 radical (unpaired) electrons. The molecule has 0 spiro atoms. The fraction of sp³-hybridized carbons (Fsp3) is 0.857. The topological polar surface area (TPSA) is 78.6 Å². The Labute approximate surface area is 79.9 Å². The van der Waals surface area contributed by atoms with Crippen LogP contribution in [-0.2, 0) is 4.79 Å². The van der Waals surface area contributed by atoms with E-state index in [0.29, 0.717) is 0 Å². The smallest absolute Gasteiger partial charge is 0.321 e. The predicted octanol–water partition coefficient (Wildman–Crippen LogP) is -0.595. The van der Waals surface area contributed by atoms with E-state index in [4.69, 9.17) is 10.9 Å². The third-order valence-corrected chi connectivity index (χ3v) is 2.85. The molecule has 1 heterocycles. The summed E-state index contributed by atoms with van der Waals surface area (Å²) in [7, 11) is 2.27. The summed E-state index contributed by atoms with van der Waals surface area (Å²) in [6, 6.07) is -0.460. The van der Waals surface area contributed by atoms with Crippen LogP contribution in [0.5, 0.6) is 0 Å². The molecular formula is C7H16N3O2P. The first kappa shape index (κ1) is 10.9. The third kappa shape index (κ3) is 2.88. The number of carboxylic acids is 1. The summed E-state index contributed by atoms with van der Waals surface area (Å²) in [5.74, 6) is 4.98. The molecule has 2 unspecified atom stereocenters. The van der Waals surface area contributed by atoms with Gasteiger partial charge in [-0.1, -0.05) is 9.39 Å². The Bertz CT molecular complexity index is 183. The zero-order chi connectivity index (χ0) is 9.84. The van der Waals surface area contributed by atoms with Crippen LogP contribution in [0.3, 0.4) is 0 Å². The van der Waals surface area contributed by atoms with E-state index in [1.165, 1.54) is 0 Å². The van der Waals surface area contributed by atoms with Crippen molar-refractivity contribution in [3.8, 4) is 0 Å². The van der Waals surface area contributed by atoms with E-state index in [0.717, 1.165) is 25.9 Å². The molecule has 0 aliphatic carbocycles. The lowest BCUT2D eigenvalue weighted by Gasteiger charge is -2.31. The maximum atomic E-state index is 10.8. The van der Waals surface area contributed by atoms with Crippen molar-refractivity contribution < 1.29 is 9.90 Å². The van der Waals surface area contributed by atoms with Gasteiger partial charge in [0.1, 0.15) is 6.04 Å². The van der Waals surface area contributed by atoms with E-state index in [-0.39, 0.29) is 5.92 Å². The molecule has 5 nitrogen and oxygen atoms in total. The molecule has 0 aromatic rings. The second-order valence-electron chi connectivity index (χ2n) is 3.36. The van der Waals surface area contributed by atoms with Gasteiger partial charge in [0, 0.05) is 13.1 Å². The molecule has 4 N–H and O–H groups in total. The number of piperidine rings is 1. The van der Waals surface area contributed by atoms with Crippen molar-refractivity contribution in [2.45, 2.75) is 18.9 Å². The minimum atomic E-state index is -0.787. The largest absolute Gasteiger partial charge is 0.480 e. The monoisotopic (exact) mass is 205 g/mol. The lowest BCUT2D eigenvalue weighted by Crippen LogP contribution is -2.46. The van der Waals surface area contributed by atoms with Gasteiger partial charge in [-0.15, -0.1) is 0 Å².